The number of hydrogen-bond donors (Lipinski definition) is 1. The minimum Gasteiger partial charge on any atom is -0.323 e. The third kappa shape index (κ3) is 3.69. The molecule has 0 saturated carbocycles. The van der Waals surface area contributed by atoms with Gasteiger partial charge in [-0.15, -0.1) is 0 Å². The minimum atomic E-state index is -4.69. The van der Waals surface area contributed by atoms with E-state index in [-0.39, 0.29) is 5.56 Å². The van der Waals surface area contributed by atoms with E-state index in [4.69, 9.17) is 5.26 Å². The first-order valence-corrected chi connectivity index (χ1v) is 7.77. The molecule has 1 heterocycles. The van der Waals surface area contributed by atoms with Gasteiger partial charge in [-0.1, -0.05) is 0 Å². The Kier molecular flexibility index (Phi) is 4.89. The Morgan fingerprint density at radius 3 is 2.54 bits per heavy atom. The monoisotopic (exact) mass is 448 g/mol. The van der Waals surface area contributed by atoms with E-state index >= 15 is 0 Å². The molecule has 1 aromatic heterocycles. The summed E-state index contributed by atoms with van der Waals surface area (Å²) in [4.78, 5) is 12.5. The van der Waals surface area contributed by atoms with Gasteiger partial charge in [0, 0.05) is 6.20 Å². The highest BCUT2D eigenvalue weighted by Crippen LogP contribution is 2.36. The van der Waals surface area contributed by atoms with Crippen molar-refractivity contribution in [3.63, 3.8) is 0 Å². The summed E-state index contributed by atoms with van der Waals surface area (Å²) in [5.74, 6) is -0.655. The predicted octanol–water partition coefficient (Wildman–Crippen LogP) is 3.75. The fraction of sp³-hybridized carbons (Fsp3) is 0.267. The van der Waals surface area contributed by atoms with Crippen LogP contribution in [0.5, 0.6) is 0 Å². The molecule has 0 spiro atoms. The van der Waals surface area contributed by atoms with Crippen LogP contribution < -0.4 is 5.32 Å². The lowest BCUT2D eigenvalue weighted by molar-refractivity contribution is -0.137. The Labute approximate surface area is 149 Å². The van der Waals surface area contributed by atoms with Gasteiger partial charge in [-0.2, -0.15) is 23.5 Å². The van der Waals surface area contributed by atoms with Gasteiger partial charge in [0.25, 0.3) is 5.91 Å². The molecule has 0 aliphatic rings. The molecule has 0 atom stereocenters. The molecule has 9 heteroatoms. The summed E-state index contributed by atoms with van der Waals surface area (Å²) in [5, 5.41) is 15.1. The number of aromatic nitrogens is 2. The van der Waals surface area contributed by atoms with Crippen molar-refractivity contribution in [3.8, 4) is 6.07 Å². The Morgan fingerprint density at radius 1 is 1.38 bits per heavy atom. The summed E-state index contributed by atoms with van der Waals surface area (Å²) in [6, 6.07) is 4.65. The van der Waals surface area contributed by atoms with Crippen molar-refractivity contribution in [3.05, 3.63) is 45.3 Å². The van der Waals surface area contributed by atoms with Crippen LogP contribution in [-0.2, 0) is 16.5 Å². The molecule has 0 aliphatic heterocycles. The maximum absolute atomic E-state index is 13.2. The Bertz CT molecular complexity index is 821. The van der Waals surface area contributed by atoms with E-state index in [0.717, 1.165) is 9.64 Å². The molecular weight excluding hydrogens is 436 g/mol. The van der Waals surface area contributed by atoms with Crippen LogP contribution >= 0.6 is 22.6 Å². The normalized spacial score (nSPS) is 11.9. The van der Waals surface area contributed by atoms with E-state index in [1.54, 1.807) is 32.3 Å². The number of nitriles is 1. The smallest absolute Gasteiger partial charge is 0.323 e. The number of alkyl halides is 3. The number of anilines is 1. The summed E-state index contributed by atoms with van der Waals surface area (Å²) in [7, 11) is 0. The second kappa shape index (κ2) is 6.43. The largest absolute Gasteiger partial charge is 0.418 e. The van der Waals surface area contributed by atoms with Crippen LogP contribution in [0, 0.1) is 14.9 Å². The minimum absolute atomic E-state index is 0.138. The number of carbonyl (C=O) groups is 1. The van der Waals surface area contributed by atoms with Crippen LogP contribution in [0.4, 0.5) is 18.9 Å². The standard InChI is InChI=1S/C15H12F3IN4O/c1-14(2,23-8-10(19)7-21-23)13(24)22-12-4-3-9(6-20)5-11(12)15(16,17)18/h3-5,7-8H,1-2H3,(H,22,24). The Balaban J connectivity index is 2.37. The highest BCUT2D eigenvalue weighted by atomic mass is 127. The summed E-state index contributed by atoms with van der Waals surface area (Å²) in [6.07, 6.45) is -1.54. The van der Waals surface area contributed by atoms with Crippen LogP contribution in [0.25, 0.3) is 0 Å². The summed E-state index contributed by atoms with van der Waals surface area (Å²) >= 11 is 2.02. The van der Waals surface area contributed by atoms with Crippen LogP contribution in [0.1, 0.15) is 25.0 Å². The van der Waals surface area contributed by atoms with Gasteiger partial charge in [0.15, 0.2) is 0 Å². The maximum atomic E-state index is 13.2. The highest BCUT2D eigenvalue weighted by molar-refractivity contribution is 14.1. The van der Waals surface area contributed by atoms with Gasteiger partial charge in [0.05, 0.1) is 32.7 Å². The summed E-state index contributed by atoms with van der Waals surface area (Å²) in [5.41, 5.74) is -2.80. The average molecular weight is 448 g/mol. The van der Waals surface area contributed by atoms with Gasteiger partial charge in [-0.05, 0) is 54.6 Å². The third-order valence-electron chi connectivity index (χ3n) is 3.38. The molecule has 24 heavy (non-hydrogen) atoms. The van der Waals surface area contributed by atoms with Crippen molar-refractivity contribution in [1.29, 1.82) is 5.26 Å². The zero-order valence-corrected chi connectivity index (χ0v) is 14.8. The van der Waals surface area contributed by atoms with Gasteiger partial charge in [-0.3, -0.25) is 9.48 Å². The molecule has 0 aliphatic carbocycles. The average Bonchev–Trinajstić information content (AvgIpc) is 2.93. The van der Waals surface area contributed by atoms with Crippen molar-refractivity contribution >= 4 is 34.2 Å². The maximum Gasteiger partial charge on any atom is 0.418 e. The zero-order valence-electron chi connectivity index (χ0n) is 12.6. The number of amides is 1. The molecule has 0 saturated heterocycles. The number of rotatable bonds is 3. The van der Waals surface area contributed by atoms with Crippen molar-refractivity contribution in [2.45, 2.75) is 25.6 Å². The number of nitrogens with zero attached hydrogens (tertiary/aromatic N) is 3. The van der Waals surface area contributed by atoms with Crippen LogP contribution in [0.3, 0.4) is 0 Å². The molecule has 0 unspecified atom stereocenters. The summed E-state index contributed by atoms with van der Waals surface area (Å²) in [6.45, 7) is 3.09. The predicted molar refractivity (Wildman–Crippen MR) is 89.1 cm³/mol. The second-order valence-electron chi connectivity index (χ2n) is 5.49. The first-order valence-electron chi connectivity index (χ1n) is 6.69. The molecule has 2 rings (SSSR count). The van der Waals surface area contributed by atoms with Gasteiger partial charge in [0.2, 0.25) is 0 Å². The second-order valence-corrected chi connectivity index (χ2v) is 6.73. The Morgan fingerprint density at radius 2 is 2.04 bits per heavy atom. The number of halogens is 4. The highest BCUT2D eigenvalue weighted by Gasteiger charge is 2.36. The molecule has 5 nitrogen and oxygen atoms in total. The molecule has 126 valence electrons. The SMILES string of the molecule is CC(C)(C(=O)Nc1ccc(C#N)cc1C(F)(F)F)n1cc(I)cn1. The van der Waals surface area contributed by atoms with E-state index < -0.39 is 28.9 Å². The van der Waals surface area contributed by atoms with E-state index in [1.807, 2.05) is 22.6 Å². The van der Waals surface area contributed by atoms with Crippen molar-refractivity contribution in [2.75, 3.05) is 5.32 Å². The number of carbonyl (C=O) groups excluding carboxylic acids is 1. The third-order valence-corrected chi connectivity index (χ3v) is 3.94. The molecule has 1 aromatic carbocycles. The molecule has 2 aromatic rings. The number of hydrogen-bond acceptors (Lipinski definition) is 3. The summed E-state index contributed by atoms with van der Waals surface area (Å²) < 4.78 is 41.6. The first kappa shape index (κ1) is 18.3. The Hall–Kier alpha value is -2.09. The van der Waals surface area contributed by atoms with Crippen molar-refractivity contribution < 1.29 is 18.0 Å². The quantitative estimate of drug-likeness (QED) is 0.728. The first-order chi connectivity index (χ1) is 11.1. The van der Waals surface area contributed by atoms with Gasteiger partial charge >= 0.3 is 6.18 Å². The van der Waals surface area contributed by atoms with E-state index in [1.165, 1.54) is 10.7 Å². The van der Waals surface area contributed by atoms with Gasteiger partial charge in [-0.25, -0.2) is 0 Å². The lowest BCUT2D eigenvalue weighted by atomic mass is 10.0. The molecular formula is C15H12F3IN4O. The van der Waals surface area contributed by atoms with Crippen molar-refractivity contribution in [2.24, 2.45) is 0 Å². The fourth-order valence-electron chi connectivity index (χ4n) is 1.94. The zero-order chi connectivity index (χ0) is 18.1. The van der Waals surface area contributed by atoms with E-state index in [9.17, 15) is 18.0 Å². The fourth-order valence-corrected chi connectivity index (χ4v) is 2.33. The van der Waals surface area contributed by atoms with Crippen LogP contribution in [-0.4, -0.2) is 15.7 Å². The van der Waals surface area contributed by atoms with Crippen LogP contribution in [0.2, 0.25) is 0 Å². The molecule has 1 amide bonds. The topological polar surface area (TPSA) is 70.7 Å². The van der Waals surface area contributed by atoms with E-state index in [2.05, 4.69) is 10.4 Å². The molecule has 1 N–H and O–H groups in total. The van der Waals surface area contributed by atoms with Gasteiger partial charge in [0.1, 0.15) is 5.54 Å². The number of nitrogens with one attached hydrogen (secondary N) is 1. The van der Waals surface area contributed by atoms with Gasteiger partial charge < -0.3 is 5.32 Å². The molecule has 0 fully saturated rings. The lowest BCUT2D eigenvalue weighted by Gasteiger charge is -2.25. The van der Waals surface area contributed by atoms with E-state index in [0.29, 0.717) is 6.07 Å². The molecule has 0 radical (unpaired) electrons. The molecule has 0 bridgehead atoms. The van der Waals surface area contributed by atoms with Crippen molar-refractivity contribution in [1.82, 2.24) is 9.78 Å². The van der Waals surface area contributed by atoms with Crippen LogP contribution in [0.15, 0.2) is 30.6 Å². The number of benzene rings is 1. The lowest BCUT2D eigenvalue weighted by Crippen LogP contribution is -2.41.